The molecule has 1 heterocycles. The van der Waals surface area contributed by atoms with Crippen molar-refractivity contribution in [2.24, 2.45) is 0 Å². The van der Waals surface area contributed by atoms with Crippen LogP contribution in [0.15, 0.2) is 18.2 Å². The van der Waals surface area contributed by atoms with Gasteiger partial charge in [0.15, 0.2) is 0 Å². The number of carbonyl (C=O) groups is 2. The molecule has 1 amide bonds. The minimum Gasteiger partial charge on any atom is -0.467 e. The Balaban J connectivity index is 2.31. The van der Waals surface area contributed by atoms with Gasteiger partial charge >= 0.3 is 5.97 Å². The predicted molar refractivity (Wildman–Crippen MR) is 68.6 cm³/mol. The Hall–Kier alpha value is -1.95. The van der Waals surface area contributed by atoms with E-state index in [1.807, 2.05) is 0 Å². The van der Waals surface area contributed by atoms with Gasteiger partial charge < -0.3 is 14.7 Å². The molecule has 0 aliphatic carbocycles. The van der Waals surface area contributed by atoms with Crippen LogP contribution in [0.2, 0.25) is 0 Å². The van der Waals surface area contributed by atoms with E-state index in [0.717, 1.165) is 6.07 Å². The zero-order valence-electron chi connectivity index (χ0n) is 11.3. The van der Waals surface area contributed by atoms with Crippen LogP contribution in [-0.2, 0) is 9.53 Å². The van der Waals surface area contributed by atoms with Crippen LogP contribution in [0.25, 0.3) is 0 Å². The number of rotatable bonds is 2. The quantitative estimate of drug-likeness (QED) is 0.817. The van der Waals surface area contributed by atoms with Crippen LogP contribution >= 0.6 is 0 Å². The molecule has 0 aromatic heterocycles. The number of likely N-dealkylation sites (tertiary alicyclic amines) is 1. The molecule has 1 fully saturated rings. The van der Waals surface area contributed by atoms with Gasteiger partial charge in [-0.3, -0.25) is 4.79 Å². The largest absolute Gasteiger partial charge is 0.467 e. The van der Waals surface area contributed by atoms with Gasteiger partial charge in [0, 0.05) is 18.5 Å². The van der Waals surface area contributed by atoms with Crippen molar-refractivity contribution in [3.8, 4) is 0 Å². The normalized spacial score (nSPS) is 21.9. The summed E-state index contributed by atoms with van der Waals surface area (Å²) in [6.45, 7) is 1.72. The molecule has 1 aliphatic heterocycles. The summed E-state index contributed by atoms with van der Waals surface area (Å²) in [5.41, 5.74) is 0.800. The third kappa shape index (κ3) is 2.65. The first-order chi connectivity index (χ1) is 9.43. The number of methoxy groups -OCH3 is 1. The number of esters is 1. The smallest absolute Gasteiger partial charge is 0.328 e. The molecule has 1 saturated heterocycles. The van der Waals surface area contributed by atoms with Gasteiger partial charge in [-0.15, -0.1) is 0 Å². The van der Waals surface area contributed by atoms with Crippen molar-refractivity contribution in [3.05, 3.63) is 35.1 Å². The lowest BCUT2D eigenvalue weighted by Crippen LogP contribution is -2.41. The van der Waals surface area contributed by atoms with Crippen LogP contribution in [0.1, 0.15) is 22.3 Å². The highest BCUT2D eigenvalue weighted by atomic mass is 19.1. The Morgan fingerprint density at radius 2 is 2.15 bits per heavy atom. The fraction of sp³-hybridized carbons (Fsp3) is 0.429. The summed E-state index contributed by atoms with van der Waals surface area (Å²) < 4.78 is 17.9. The second kappa shape index (κ2) is 5.58. The summed E-state index contributed by atoms with van der Waals surface area (Å²) in [5, 5.41) is 9.66. The standard InChI is InChI=1S/C14H16FNO4/c1-8-3-4-9(15)5-11(8)13(18)16-7-10(17)6-12(16)14(19)20-2/h3-5,10,12,17H,6-7H2,1-2H3. The Morgan fingerprint density at radius 1 is 1.45 bits per heavy atom. The number of benzene rings is 1. The van der Waals surface area contributed by atoms with Crippen molar-refractivity contribution in [2.75, 3.05) is 13.7 Å². The van der Waals surface area contributed by atoms with Gasteiger partial charge in [-0.2, -0.15) is 0 Å². The summed E-state index contributed by atoms with van der Waals surface area (Å²) in [6.07, 6.45) is -0.649. The molecule has 0 bridgehead atoms. The Labute approximate surface area is 116 Å². The third-order valence-electron chi connectivity index (χ3n) is 3.44. The van der Waals surface area contributed by atoms with Gasteiger partial charge in [-0.25, -0.2) is 9.18 Å². The summed E-state index contributed by atoms with van der Waals surface area (Å²) in [6, 6.07) is 3.08. The fourth-order valence-electron chi connectivity index (χ4n) is 2.38. The number of carbonyl (C=O) groups excluding carboxylic acids is 2. The maximum atomic E-state index is 13.3. The number of halogens is 1. The lowest BCUT2D eigenvalue weighted by molar-refractivity contribution is -0.145. The SMILES string of the molecule is COC(=O)C1CC(O)CN1C(=O)c1cc(F)ccc1C. The van der Waals surface area contributed by atoms with Gasteiger partial charge in [-0.05, 0) is 24.6 Å². The minimum atomic E-state index is -0.829. The zero-order valence-corrected chi connectivity index (χ0v) is 11.3. The van der Waals surface area contributed by atoms with Crippen LogP contribution in [-0.4, -0.2) is 47.7 Å². The van der Waals surface area contributed by atoms with Gasteiger partial charge in [-0.1, -0.05) is 6.07 Å². The molecule has 108 valence electrons. The molecule has 1 aromatic rings. The molecule has 1 aliphatic rings. The molecule has 0 saturated carbocycles. The van der Waals surface area contributed by atoms with Crippen molar-refractivity contribution in [1.29, 1.82) is 0 Å². The number of hydrogen-bond acceptors (Lipinski definition) is 4. The fourth-order valence-corrected chi connectivity index (χ4v) is 2.38. The van der Waals surface area contributed by atoms with Crippen LogP contribution in [0.4, 0.5) is 4.39 Å². The van der Waals surface area contributed by atoms with Crippen LogP contribution in [0, 0.1) is 12.7 Å². The second-order valence-corrected chi connectivity index (χ2v) is 4.85. The van der Waals surface area contributed by atoms with E-state index in [0.29, 0.717) is 5.56 Å². The maximum Gasteiger partial charge on any atom is 0.328 e. The van der Waals surface area contributed by atoms with Crippen LogP contribution < -0.4 is 0 Å². The van der Waals surface area contributed by atoms with Crippen LogP contribution in [0.5, 0.6) is 0 Å². The van der Waals surface area contributed by atoms with Crippen molar-refractivity contribution in [3.63, 3.8) is 0 Å². The highest BCUT2D eigenvalue weighted by molar-refractivity contribution is 5.98. The molecule has 0 radical (unpaired) electrons. The molecule has 1 aromatic carbocycles. The summed E-state index contributed by atoms with van der Waals surface area (Å²) in [5.74, 6) is -1.58. The number of ether oxygens (including phenoxy) is 1. The zero-order chi connectivity index (χ0) is 14.9. The van der Waals surface area contributed by atoms with Crippen molar-refractivity contribution in [1.82, 2.24) is 4.90 Å². The number of hydrogen-bond donors (Lipinski definition) is 1. The average Bonchev–Trinajstić information content (AvgIpc) is 2.82. The lowest BCUT2D eigenvalue weighted by Gasteiger charge is -2.23. The van der Waals surface area contributed by atoms with Gasteiger partial charge in [0.05, 0.1) is 13.2 Å². The van der Waals surface area contributed by atoms with E-state index in [2.05, 4.69) is 4.74 Å². The molecule has 6 heteroatoms. The molecule has 20 heavy (non-hydrogen) atoms. The van der Waals surface area contributed by atoms with E-state index >= 15 is 0 Å². The maximum absolute atomic E-state index is 13.3. The highest BCUT2D eigenvalue weighted by Crippen LogP contribution is 2.23. The second-order valence-electron chi connectivity index (χ2n) is 4.85. The van der Waals surface area contributed by atoms with E-state index in [1.54, 1.807) is 6.92 Å². The molecular formula is C14H16FNO4. The molecule has 2 rings (SSSR count). The molecule has 0 spiro atoms. The number of β-amino-alcohol motifs (C(OH)–C–C–N with tert-alkyl or cyclic N) is 1. The van der Waals surface area contributed by atoms with Crippen molar-refractivity contribution < 1.29 is 23.8 Å². The molecular weight excluding hydrogens is 265 g/mol. The van der Waals surface area contributed by atoms with Crippen molar-refractivity contribution in [2.45, 2.75) is 25.5 Å². The summed E-state index contributed by atoms with van der Waals surface area (Å²) in [7, 11) is 1.23. The minimum absolute atomic E-state index is 0.0363. The van der Waals surface area contributed by atoms with Crippen molar-refractivity contribution >= 4 is 11.9 Å². The number of aliphatic hydroxyl groups excluding tert-OH is 1. The van der Waals surface area contributed by atoms with E-state index < -0.39 is 29.8 Å². The number of aliphatic hydroxyl groups is 1. The average molecular weight is 281 g/mol. The van der Waals surface area contributed by atoms with E-state index in [4.69, 9.17) is 0 Å². The van der Waals surface area contributed by atoms with E-state index in [-0.39, 0.29) is 18.5 Å². The molecule has 5 nitrogen and oxygen atoms in total. The third-order valence-corrected chi connectivity index (χ3v) is 3.44. The molecule has 2 atom stereocenters. The number of aryl methyl sites for hydroxylation is 1. The number of nitrogens with zero attached hydrogens (tertiary/aromatic N) is 1. The Bertz CT molecular complexity index is 546. The lowest BCUT2D eigenvalue weighted by atomic mass is 10.1. The van der Waals surface area contributed by atoms with Gasteiger partial charge in [0.25, 0.3) is 5.91 Å². The van der Waals surface area contributed by atoms with Gasteiger partial charge in [0.2, 0.25) is 0 Å². The molecule has 2 unspecified atom stereocenters. The van der Waals surface area contributed by atoms with Crippen LogP contribution in [0.3, 0.4) is 0 Å². The first kappa shape index (κ1) is 14.5. The highest BCUT2D eigenvalue weighted by Gasteiger charge is 2.40. The molecule has 1 N–H and O–H groups in total. The summed E-state index contributed by atoms with van der Waals surface area (Å²) >= 11 is 0. The van der Waals surface area contributed by atoms with E-state index in [9.17, 15) is 19.1 Å². The first-order valence-corrected chi connectivity index (χ1v) is 6.27. The first-order valence-electron chi connectivity index (χ1n) is 6.27. The Morgan fingerprint density at radius 3 is 2.80 bits per heavy atom. The summed E-state index contributed by atoms with van der Waals surface area (Å²) in [4.78, 5) is 25.3. The monoisotopic (exact) mass is 281 g/mol. The van der Waals surface area contributed by atoms with E-state index in [1.165, 1.54) is 24.1 Å². The predicted octanol–water partition coefficient (Wildman–Crippen LogP) is 0.883. The topological polar surface area (TPSA) is 66.8 Å². The Kier molecular flexibility index (Phi) is 4.04. The number of amides is 1. The van der Waals surface area contributed by atoms with Gasteiger partial charge in [0.1, 0.15) is 11.9 Å².